The van der Waals surface area contributed by atoms with Crippen LogP contribution in [-0.4, -0.2) is 25.7 Å². The van der Waals surface area contributed by atoms with E-state index in [0.717, 1.165) is 31.6 Å². The van der Waals surface area contributed by atoms with Crippen LogP contribution in [0.4, 0.5) is 0 Å². The van der Waals surface area contributed by atoms with Gasteiger partial charge in [-0.15, -0.1) is 0 Å². The molecule has 0 heterocycles. The Morgan fingerprint density at radius 1 is 1.14 bits per heavy atom. The quantitative estimate of drug-likeness (QED) is 0.571. The van der Waals surface area contributed by atoms with Crippen molar-refractivity contribution < 1.29 is 4.74 Å². The summed E-state index contributed by atoms with van der Waals surface area (Å²) in [6, 6.07) is 8.49. The summed E-state index contributed by atoms with van der Waals surface area (Å²) in [4.78, 5) is 4.64. The van der Waals surface area contributed by atoms with Gasteiger partial charge in [0.05, 0.1) is 13.2 Å². The smallest absolute Gasteiger partial charge is 0.191 e. The predicted molar refractivity (Wildman–Crippen MR) is 87.3 cm³/mol. The van der Waals surface area contributed by atoms with Gasteiger partial charge in [-0.25, -0.2) is 4.99 Å². The molecule has 4 heteroatoms. The normalized spacial score (nSPS) is 15.0. The van der Waals surface area contributed by atoms with Gasteiger partial charge < -0.3 is 15.4 Å². The third kappa shape index (κ3) is 6.17. The summed E-state index contributed by atoms with van der Waals surface area (Å²) < 4.78 is 5.40. The van der Waals surface area contributed by atoms with Crippen LogP contribution in [0.1, 0.15) is 37.8 Å². The predicted octanol–water partition coefficient (Wildman–Crippen LogP) is 2.69. The van der Waals surface area contributed by atoms with Crippen molar-refractivity contribution in [3.05, 3.63) is 35.4 Å². The zero-order chi connectivity index (χ0) is 14.9. The van der Waals surface area contributed by atoms with Crippen molar-refractivity contribution in [1.82, 2.24) is 10.6 Å². The summed E-state index contributed by atoms with van der Waals surface area (Å²) in [5.41, 5.74) is 2.43. The highest BCUT2D eigenvalue weighted by Crippen LogP contribution is 2.27. The zero-order valence-electron chi connectivity index (χ0n) is 13.2. The van der Waals surface area contributed by atoms with E-state index in [1.165, 1.54) is 24.0 Å². The van der Waals surface area contributed by atoms with E-state index in [2.05, 4.69) is 46.8 Å². The molecule has 21 heavy (non-hydrogen) atoms. The van der Waals surface area contributed by atoms with E-state index in [-0.39, 0.29) is 0 Å². The van der Waals surface area contributed by atoms with E-state index >= 15 is 0 Å². The number of nitrogens with one attached hydrogen (secondary N) is 2. The van der Waals surface area contributed by atoms with Crippen LogP contribution in [-0.2, 0) is 17.9 Å². The number of benzene rings is 1. The number of guanidine groups is 1. The Kier molecular flexibility index (Phi) is 6.54. The summed E-state index contributed by atoms with van der Waals surface area (Å²) in [7, 11) is 0. The molecule has 1 fully saturated rings. The first-order valence-electron chi connectivity index (χ1n) is 7.99. The van der Waals surface area contributed by atoms with Gasteiger partial charge in [0.25, 0.3) is 0 Å². The highest BCUT2D eigenvalue weighted by atomic mass is 16.5. The molecule has 0 radical (unpaired) electrons. The molecule has 116 valence electrons. The molecule has 1 saturated carbocycles. The Labute approximate surface area is 128 Å². The molecule has 2 N–H and O–H groups in total. The van der Waals surface area contributed by atoms with Crippen LogP contribution in [0.15, 0.2) is 29.3 Å². The molecule has 0 amide bonds. The second kappa shape index (κ2) is 8.67. The molecule has 0 spiro atoms. The number of nitrogens with zero attached hydrogens (tertiary/aromatic N) is 1. The second-order valence-electron chi connectivity index (χ2n) is 5.47. The van der Waals surface area contributed by atoms with E-state index in [1.807, 2.05) is 6.92 Å². The number of hydrogen-bond donors (Lipinski definition) is 2. The first kappa shape index (κ1) is 15.8. The zero-order valence-corrected chi connectivity index (χ0v) is 13.2. The van der Waals surface area contributed by atoms with Gasteiger partial charge >= 0.3 is 0 Å². The average Bonchev–Trinajstić information content (AvgIpc) is 3.33. The lowest BCUT2D eigenvalue weighted by molar-refractivity contribution is 0.134. The van der Waals surface area contributed by atoms with Crippen molar-refractivity contribution in [2.45, 2.75) is 39.8 Å². The van der Waals surface area contributed by atoms with Gasteiger partial charge in [-0.1, -0.05) is 24.3 Å². The summed E-state index contributed by atoms with van der Waals surface area (Å²) in [5.74, 6) is 1.77. The molecule has 1 aliphatic carbocycles. The minimum atomic E-state index is 0.686. The third-order valence-corrected chi connectivity index (χ3v) is 3.51. The molecule has 4 nitrogen and oxygen atoms in total. The molecule has 2 rings (SSSR count). The molecule has 0 atom stereocenters. The molecule has 0 aromatic heterocycles. The Morgan fingerprint density at radius 2 is 1.86 bits per heavy atom. The highest BCUT2D eigenvalue weighted by Gasteiger charge is 2.20. The fourth-order valence-electron chi connectivity index (χ4n) is 2.04. The fourth-order valence-corrected chi connectivity index (χ4v) is 2.04. The molecule has 0 unspecified atom stereocenters. The van der Waals surface area contributed by atoms with Gasteiger partial charge in [-0.2, -0.15) is 0 Å². The lowest BCUT2D eigenvalue weighted by Crippen LogP contribution is -2.38. The summed E-state index contributed by atoms with van der Waals surface area (Å²) >= 11 is 0. The fraction of sp³-hybridized carbons (Fsp3) is 0.588. The first-order chi connectivity index (χ1) is 10.3. The van der Waals surface area contributed by atoms with Crippen LogP contribution in [0.3, 0.4) is 0 Å². The SMILES string of the molecule is CCNC(=NCc1ccc(COCC)cc1)NCC1CC1. The number of hydrogen-bond acceptors (Lipinski definition) is 2. The van der Waals surface area contributed by atoms with Crippen LogP contribution >= 0.6 is 0 Å². The van der Waals surface area contributed by atoms with Gasteiger partial charge in [0.15, 0.2) is 5.96 Å². The van der Waals surface area contributed by atoms with E-state index < -0.39 is 0 Å². The minimum Gasteiger partial charge on any atom is -0.377 e. The lowest BCUT2D eigenvalue weighted by Gasteiger charge is -2.10. The Bertz CT molecular complexity index is 438. The maximum absolute atomic E-state index is 5.40. The molecule has 0 aliphatic heterocycles. The van der Waals surface area contributed by atoms with E-state index in [4.69, 9.17) is 4.74 Å². The van der Waals surface area contributed by atoms with E-state index in [1.54, 1.807) is 0 Å². The first-order valence-corrected chi connectivity index (χ1v) is 7.99. The second-order valence-corrected chi connectivity index (χ2v) is 5.47. The standard InChI is InChI=1S/C17H27N3O/c1-3-18-17(19-11-14-5-6-14)20-12-15-7-9-16(10-8-15)13-21-4-2/h7-10,14H,3-6,11-13H2,1-2H3,(H2,18,19,20). The Balaban J connectivity index is 1.83. The maximum Gasteiger partial charge on any atom is 0.191 e. The summed E-state index contributed by atoms with van der Waals surface area (Å²) in [6.45, 7) is 8.19. The third-order valence-electron chi connectivity index (χ3n) is 3.51. The molecule has 1 aromatic carbocycles. The average molecular weight is 289 g/mol. The lowest BCUT2D eigenvalue weighted by atomic mass is 10.1. The van der Waals surface area contributed by atoms with Gasteiger partial charge in [0.2, 0.25) is 0 Å². The van der Waals surface area contributed by atoms with Crippen LogP contribution < -0.4 is 10.6 Å². The van der Waals surface area contributed by atoms with Gasteiger partial charge in [0, 0.05) is 19.7 Å². The maximum atomic E-state index is 5.40. The topological polar surface area (TPSA) is 45.7 Å². The largest absolute Gasteiger partial charge is 0.377 e. The van der Waals surface area contributed by atoms with Crippen molar-refractivity contribution in [3.8, 4) is 0 Å². The molecule has 0 bridgehead atoms. The Hall–Kier alpha value is -1.55. The van der Waals surface area contributed by atoms with Crippen molar-refractivity contribution in [2.75, 3.05) is 19.7 Å². The molecular formula is C17H27N3O. The molecule has 0 saturated heterocycles. The number of rotatable bonds is 8. The number of ether oxygens (including phenoxy) is 1. The summed E-state index contributed by atoms with van der Waals surface area (Å²) in [6.07, 6.45) is 2.71. The molecular weight excluding hydrogens is 262 g/mol. The minimum absolute atomic E-state index is 0.686. The Morgan fingerprint density at radius 3 is 2.48 bits per heavy atom. The molecule has 1 aliphatic rings. The van der Waals surface area contributed by atoms with Gasteiger partial charge in [-0.3, -0.25) is 0 Å². The molecule has 1 aromatic rings. The van der Waals surface area contributed by atoms with Crippen molar-refractivity contribution in [2.24, 2.45) is 10.9 Å². The van der Waals surface area contributed by atoms with Crippen LogP contribution in [0.2, 0.25) is 0 Å². The van der Waals surface area contributed by atoms with Gasteiger partial charge in [0.1, 0.15) is 0 Å². The van der Waals surface area contributed by atoms with E-state index in [9.17, 15) is 0 Å². The van der Waals surface area contributed by atoms with E-state index in [0.29, 0.717) is 13.2 Å². The highest BCUT2D eigenvalue weighted by molar-refractivity contribution is 5.79. The van der Waals surface area contributed by atoms with Crippen LogP contribution in [0, 0.1) is 5.92 Å². The van der Waals surface area contributed by atoms with Crippen molar-refractivity contribution >= 4 is 5.96 Å². The summed E-state index contributed by atoms with van der Waals surface area (Å²) in [5, 5.41) is 6.71. The van der Waals surface area contributed by atoms with Crippen LogP contribution in [0.5, 0.6) is 0 Å². The van der Waals surface area contributed by atoms with Gasteiger partial charge in [-0.05, 0) is 43.7 Å². The van der Waals surface area contributed by atoms with Crippen molar-refractivity contribution in [3.63, 3.8) is 0 Å². The monoisotopic (exact) mass is 289 g/mol. The van der Waals surface area contributed by atoms with Crippen molar-refractivity contribution in [1.29, 1.82) is 0 Å². The van der Waals surface area contributed by atoms with Crippen LogP contribution in [0.25, 0.3) is 0 Å². The number of aliphatic imine (C=N–C) groups is 1.